The van der Waals surface area contributed by atoms with Crippen LogP contribution in [0.2, 0.25) is 0 Å². The fourth-order valence-corrected chi connectivity index (χ4v) is 2.33. The third-order valence-electron chi connectivity index (χ3n) is 3.50. The van der Waals surface area contributed by atoms with Gasteiger partial charge >= 0.3 is 0 Å². The number of benzene rings is 2. The summed E-state index contributed by atoms with van der Waals surface area (Å²) in [5.41, 5.74) is 2.30. The van der Waals surface area contributed by atoms with Crippen molar-refractivity contribution in [3.05, 3.63) is 90.0 Å². The van der Waals surface area contributed by atoms with Crippen LogP contribution in [-0.2, 0) is 18.4 Å². The lowest BCUT2D eigenvalue weighted by atomic mass is 10.0. The lowest BCUT2D eigenvalue weighted by molar-refractivity contribution is 0.0609. The zero-order valence-electron chi connectivity index (χ0n) is 12.0. The molecule has 1 aromatic heterocycles. The summed E-state index contributed by atoms with van der Waals surface area (Å²) in [5.74, 6) is 0.923. The van der Waals surface area contributed by atoms with Gasteiger partial charge in [0.05, 0.1) is 0 Å². The van der Waals surface area contributed by atoms with Crippen molar-refractivity contribution in [2.45, 2.75) is 12.7 Å². The summed E-state index contributed by atoms with van der Waals surface area (Å²) >= 11 is 0. The Kier molecular flexibility index (Phi) is 4.12. The molecule has 0 atom stereocenters. The molecule has 21 heavy (non-hydrogen) atoms. The van der Waals surface area contributed by atoms with Gasteiger partial charge in [-0.2, -0.15) is 0 Å². The van der Waals surface area contributed by atoms with E-state index in [1.165, 1.54) is 0 Å². The molecule has 0 spiro atoms. The van der Waals surface area contributed by atoms with E-state index >= 15 is 0 Å². The van der Waals surface area contributed by atoms with Crippen LogP contribution in [-0.4, -0.2) is 9.55 Å². The average molecular weight is 278 g/mol. The first-order valence-electron chi connectivity index (χ1n) is 7.02. The van der Waals surface area contributed by atoms with Gasteiger partial charge < -0.3 is 9.30 Å². The minimum Gasteiger partial charge on any atom is -0.361 e. The molecule has 0 aliphatic rings. The highest BCUT2D eigenvalue weighted by Gasteiger charge is 2.15. The van der Waals surface area contributed by atoms with Gasteiger partial charge in [-0.25, -0.2) is 4.98 Å². The van der Waals surface area contributed by atoms with Gasteiger partial charge in [0, 0.05) is 19.4 Å². The van der Waals surface area contributed by atoms with Crippen LogP contribution in [0.15, 0.2) is 73.1 Å². The van der Waals surface area contributed by atoms with E-state index in [1.54, 1.807) is 6.20 Å². The lowest BCUT2D eigenvalue weighted by Crippen LogP contribution is -2.08. The zero-order chi connectivity index (χ0) is 14.5. The van der Waals surface area contributed by atoms with E-state index in [2.05, 4.69) is 29.2 Å². The summed E-state index contributed by atoms with van der Waals surface area (Å²) in [4.78, 5) is 4.31. The number of rotatable bonds is 5. The van der Waals surface area contributed by atoms with Crippen LogP contribution >= 0.6 is 0 Å². The van der Waals surface area contributed by atoms with E-state index in [-0.39, 0.29) is 6.10 Å². The third kappa shape index (κ3) is 3.20. The standard InChI is InChI=1S/C18H18N2O/c1-20-13-12-19-17(20)14-21-18(15-8-4-2-5-9-15)16-10-6-3-7-11-16/h2-13,18H,14H2,1H3. The van der Waals surface area contributed by atoms with E-state index in [0.29, 0.717) is 6.61 Å². The first kappa shape index (κ1) is 13.6. The Morgan fingerprint density at radius 2 is 1.52 bits per heavy atom. The maximum absolute atomic E-state index is 6.16. The summed E-state index contributed by atoms with van der Waals surface area (Å²) in [5, 5.41) is 0. The molecule has 0 saturated carbocycles. The van der Waals surface area contributed by atoms with Gasteiger partial charge in [-0.05, 0) is 11.1 Å². The molecule has 3 heteroatoms. The van der Waals surface area contributed by atoms with E-state index < -0.39 is 0 Å². The Hall–Kier alpha value is -2.39. The molecule has 1 heterocycles. The zero-order valence-corrected chi connectivity index (χ0v) is 12.0. The predicted octanol–water partition coefficient (Wildman–Crippen LogP) is 3.73. The van der Waals surface area contributed by atoms with Gasteiger partial charge in [0.2, 0.25) is 0 Å². The molecular formula is C18H18N2O. The highest BCUT2D eigenvalue weighted by Crippen LogP contribution is 2.26. The fourth-order valence-electron chi connectivity index (χ4n) is 2.33. The molecule has 0 bridgehead atoms. The molecule has 0 radical (unpaired) electrons. The number of nitrogens with zero attached hydrogens (tertiary/aromatic N) is 2. The number of hydrogen-bond acceptors (Lipinski definition) is 2. The molecule has 0 saturated heterocycles. The average Bonchev–Trinajstić information content (AvgIpc) is 2.95. The molecule has 3 nitrogen and oxygen atoms in total. The highest BCUT2D eigenvalue weighted by molar-refractivity contribution is 5.29. The van der Waals surface area contributed by atoms with Crippen LogP contribution in [0.25, 0.3) is 0 Å². The summed E-state index contributed by atoms with van der Waals surface area (Å²) in [6.45, 7) is 0.484. The smallest absolute Gasteiger partial charge is 0.134 e. The number of aryl methyl sites for hydroxylation is 1. The molecule has 3 rings (SSSR count). The van der Waals surface area contributed by atoms with Crippen molar-refractivity contribution in [1.82, 2.24) is 9.55 Å². The monoisotopic (exact) mass is 278 g/mol. The van der Waals surface area contributed by atoms with Gasteiger partial charge in [-0.1, -0.05) is 60.7 Å². The predicted molar refractivity (Wildman–Crippen MR) is 82.7 cm³/mol. The van der Waals surface area contributed by atoms with Gasteiger partial charge in [0.15, 0.2) is 0 Å². The summed E-state index contributed by atoms with van der Waals surface area (Å²) in [6, 6.07) is 20.6. The van der Waals surface area contributed by atoms with Crippen molar-refractivity contribution in [2.24, 2.45) is 7.05 Å². The Morgan fingerprint density at radius 3 is 2.00 bits per heavy atom. The van der Waals surface area contributed by atoms with Crippen LogP contribution in [0.4, 0.5) is 0 Å². The van der Waals surface area contributed by atoms with Crippen LogP contribution in [0.3, 0.4) is 0 Å². The van der Waals surface area contributed by atoms with Crippen LogP contribution < -0.4 is 0 Å². The first-order chi connectivity index (χ1) is 10.3. The molecule has 3 aromatic rings. The summed E-state index contributed by atoms with van der Waals surface area (Å²) < 4.78 is 8.14. The second-order valence-electron chi connectivity index (χ2n) is 4.97. The molecule has 0 aliphatic heterocycles. The van der Waals surface area contributed by atoms with E-state index in [1.807, 2.05) is 54.2 Å². The van der Waals surface area contributed by atoms with Crippen LogP contribution in [0.1, 0.15) is 23.1 Å². The molecule has 106 valence electrons. The van der Waals surface area contributed by atoms with Crippen LogP contribution in [0.5, 0.6) is 0 Å². The van der Waals surface area contributed by atoms with Gasteiger partial charge in [0.1, 0.15) is 18.5 Å². The van der Waals surface area contributed by atoms with Crippen molar-refractivity contribution >= 4 is 0 Å². The van der Waals surface area contributed by atoms with Crippen molar-refractivity contribution in [3.8, 4) is 0 Å². The molecule has 0 fully saturated rings. The molecular weight excluding hydrogens is 260 g/mol. The second-order valence-corrected chi connectivity index (χ2v) is 4.97. The number of aromatic nitrogens is 2. The normalized spacial score (nSPS) is 11.0. The van der Waals surface area contributed by atoms with Gasteiger partial charge in [-0.15, -0.1) is 0 Å². The third-order valence-corrected chi connectivity index (χ3v) is 3.50. The largest absolute Gasteiger partial charge is 0.361 e. The van der Waals surface area contributed by atoms with Crippen molar-refractivity contribution in [3.63, 3.8) is 0 Å². The molecule has 2 aromatic carbocycles. The molecule has 0 unspecified atom stereocenters. The second kappa shape index (κ2) is 6.37. The van der Waals surface area contributed by atoms with E-state index in [9.17, 15) is 0 Å². The molecule has 0 N–H and O–H groups in total. The van der Waals surface area contributed by atoms with Gasteiger partial charge in [-0.3, -0.25) is 0 Å². The SMILES string of the molecule is Cn1ccnc1COC(c1ccccc1)c1ccccc1. The first-order valence-corrected chi connectivity index (χ1v) is 7.02. The van der Waals surface area contributed by atoms with Crippen molar-refractivity contribution in [1.29, 1.82) is 0 Å². The Morgan fingerprint density at radius 1 is 0.952 bits per heavy atom. The topological polar surface area (TPSA) is 27.1 Å². The van der Waals surface area contributed by atoms with E-state index in [4.69, 9.17) is 4.74 Å². The lowest BCUT2D eigenvalue weighted by Gasteiger charge is -2.19. The minimum absolute atomic E-state index is 0.0795. The maximum atomic E-state index is 6.16. The summed E-state index contributed by atoms with van der Waals surface area (Å²) in [7, 11) is 1.98. The van der Waals surface area contributed by atoms with Gasteiger partial charge in [0.25, 0.3) is 0 Å². The Labute approximate surface area is 124 Å². The number of ether oxygens (including phenoxy) is 1. The Bertz CT molecular complexity index is 637. The fraction of sp³-hybridized carbons (Fsp3) is 0.167. The summed E-state index contributed by atoms with van der Waals surface area (Å²) in [6.07, 6.45) is 3.64. The van der Waals surface area contributed by atoms with Crippen molar-refractivity contribution in [2.75, 3.05) is 0 Å². The maximum Gasteiger partial charge on any atom is 0.134 e. The number of hydrogen-bond donors (Lipinski definition) is 0. The highest BCUT2D eigenvalue weighted by atomic mass is 16.5. The molecule has 0 amide bonds. The number of imidazole rings is 1. The minimum atomic E-state index is -0.0795. The molecule has 0 aliphatic carbocycles. The van der Waals surface area contributed by atoms with E-state index in [0.717, 1.165) is 17.0 Å². The van der Waals surface area contributed by atoms with Crippen LogP contribution in [0, 0.1) is 0 Å². The Balaban J connectivity index is 1.85. The quantitative estimate of drug-likeness (QED) is 0.711. The van der Waals surface area contributed by atoms with Crippen molar-refractivity contribution < 1.29 is 4.74 Å².